The molecule has 2 aromatic carbocycles. The van der Waals surface area contributed by atoms with E-state index in [1.807, 2.05) is 66.1 Å². The molecule has 0 bridgehead atoms. The molecule has 4 rings (SSSR count). The van der Waals surface area contributed by atoms with Crippen LogP contribution in [-0.2, 0) is 6.42 Å². The van der Waals surface area contributed by atoms with Gasteiger partial charge in [0.25, 0.3) is 5.56 Å². The molecule has 162 valence electrons. The van der Waals surface area contributed by atoms with E-state index in [9.17, 15) is 4.79 Å². The van der Waals surface area contributed by atoms with E-state index < -0.39 is 0 Å². The van der Waals surface area contributed by atoms with Crippen molar-refractivity contribution in [1.29, 1.82) is 10.7 Å². The molecule has 0 spiro atoms. The van der Waals surface area contributed by atoms with Crippen LogP contribution >= 0.6 is 0 Å². The molecule has 0 aliphatic heterocycles. The number of para-hydroxylation sites is 1. The standard InChI is InChI=1S/C18H17NO.C7H8N5.K/c1-3-15-12-14-9-7-8-13(2)17(14)18(20)19(15)16-10-5-4-6-11-16;1-11-7-5(6(9)10)4(2-8)3-12-7;/h4-12H,3H2,1-2H3;3,12H,1H3,(H3,9,10);/q;-1;+1. The summed E-state index contributed by atoms with van der Waals surface area (Å²) in [6.07, 6.45) is 2.31. The van der Waals surface area contributed by atoms with E-state index in [2.05, 4.69) is 23.3 Å². The maximum atomic E-state index is 12.9. The molecule has 0 saturated carbocycles. The maximum Gasteiger partial charge on any atom is 1.00 e. The number of aromatic nitrogens is 2. The van der Waals surface area contributed by atoms with Crippen LogP contribution in [-0.4, -0.2) is 22.4 Å². The molecule has 2 aromatic heterocycles. The Hall–Kier alpha value is -2.67. The van der Waals surface area contributed by atoms with Gasteiger partial charge in [-0.15, -0.1) is 0 Å². The molecule has 4 aromatic rings. The summed E-state index contributed by atoms with van der Waals surface area (Å²) in [4.78, 5) is 15.6. The number of aromatic amines is 1. The third kappa shape index (κ3) is 5.64. The molecule has 0 fully saturated rings. The number of nitrogens with two attached hydrogens (primary N) is 1. The van der Waals surface area contributed by atoms with Crippen molar-refractivity contribution in [3.8, 4) is 11.8 Å². The molecule has 0 amide bonds. The fraction of sp³-hybridized carbons (Fsp3) is 0.160. The first-order valence-electron chi connectivity index (χ1n) is 10.2. The Labute approximate surface area is 235 Å². The van der Waals surface area contributed by atoms with Crippen molar-refractivity contribution in [2.45, 2.75) is 20.3 Å². The molecule has 33 heavy (non-hydrogen) atoms. The molecule has 0 atom stereocenters. The van der Waals surface area contributed by atoms with E-state index in [0.29, 0.717) is 16.9 Å². The van der Waals surface area contributed by atoms with Crippen LogP contribution in [0.15, 0.2) is 65.6 Å². The number of nitrogens with one attached hydrogen (secondary N) is 2. The molecule has 0 radical (unpaired) electrons. The fourth-order valence-electron chi connectivity index (χ4n) is 3.66. The predicted octanol–water partition coefficient (Wildman–Crippen LogP) is 1.67. The van der Waals surface area contributed by atoms with E-state index in [-0.39, 0.29) is 62.8 Å². The van der Waals surface area contributed by atoms with Crippen LogP contribution in [0, 0.1) is 23.7 Å². The number of H-pyrrole nitrogens is 1. The quantitative estimate of drug-likeness (QED) is 0.242. The molecule has 0 unspecified atom stereocenters. The first-order valence-corrected chi connectivity index (χ1v) is 10.2. The van der Waals surface area contributed by atoms with E-state index in [4.69, 9.17) is 16.4 Å². The molecule has 4 N–H and O–H groups in total. The second-order valence-corrected chi connectivity index (χ2v) is 7.18. The Morgan fingerprint density at radius 1 is 1.21 bits per heavy atom. The van der Waals surface area contributed by atoms with Gasteiger partial charge in [-0.25, -0.2) is 0 Å². The minimum absolute atomic E-state index is 0. The van der Waals surface area contributed by atoms with Crippen molar-refractivity contribution in [3.05, 3.63) is 98.8 Å². The van der Waals surface area contributed by atoms with Crippen molar-refractivity contribution >= 4 is 22.4 Å². The first kappa shape index (κ1) is 26.6. The number of nitrogen functional groups attached to an aromatic ring is 1. The number of hydrogen-bond donors (Lipinski definition) is 3. The van der Waals surface area contributed by atoms with Crippen molar-refractivity contribution in [2.24, 2.45) is 5.73 Å². The monoisotopic (exact) mass is 464 g/mol. The Morgan fingerprint density at radius 2 is 1.91 bits per heavy atom. The number of pyridine rings is 1. The van der Waals surface area contributed by atoms with Gasteiger partial charge in [-0.2, -0.15) is 5.26 Å². The largest absolute Gasteiger partial charge is 1.00 e. The van der Waals surface area contributed by atoms with Crippen LogP contribution in [0.5, 0.6) is 0 Å². The zero-order chi connectivity index (χ0) is 23.3. The van der Waals surface area contributed by atoms with Gasteiger partial charge in [0, 0.05) is 16.9 Å². The van der Waals surface area contributed by atoms with Crippen molar-refractivity contribution < 1.29 is 51.4 Å². The topological polar surface area (TPSA) is 126 Å². The fourth-order valence-corrected chi connectivity index (χ4v) is 3.66. The summed E-state index contributed by atoms with van der Waals surface area (Å²) in [5, 5.41) is 21.5. The third-order valence-corrected chi connectivity index (χ3v) is 5.18. The molecule has 0 aliphatic carbocycles. The van der Waals surface area contributed by atoms with Gasteiger partial charge in [0.15, 0.2) is 0 Å². The normalized spacial score (nSPS) is 9.88. The van der Waals surface area contributed by atoms with Crippen molar-refractivity contribution in [2.75, 3.05) is 7.05 Å². The van der Waals surface area contributed by atoms with Crippen LogP contribution in [0.3, 0.4) is 0 Å². The van der Waals surface area contributed by atoms with Crippen LogP contribution in [0.4, 0.5) is 5.82 Å². The summed E-state index contributed by atoms with van der Waals surface area (Å²) in [7, 11) is 1.57. The average molecular weight is 465 g/mol. The van der Waals surface area contributed by atoms with Gasteiger partial charge in [-0.3, -0.25) is 14.8 Å². The number of nitriles is 1. The number of nitrogens with zero attached hydrogens (tertiary/aromatic N) is 3. The van der Waals surface area contributed by atoms with E-state index >= 15 is 0 Å². The Morgan fingerprint density at radius 3 is 2.48 bits per heavy atom. The molecule has 7 nitrogen and oxygen atoms in total. The van der Waals surface area contributed by atoms with Gasteiger partial charge in [0.2, 0.25) is 0 Å². The second-order valence-electron chi connectivity index (χ2n) is 7.18. The van der Waals surface area contributed by atoms with Crippen LogP contribution in [0.1, 0.15) is 29.3 Å². The van der Waals surface area contributed by atoms with Gasteiger partial charge in [0.05, 0.1) is 17.0 Å². The molecule has 0 aliphatic rings. The second kappa shape index (κ2) is 12.0. The van der Waals surface area contributed by atoms with Crippen molar-refractivity contribution in [1.82, 2.24) is 9.55 Å². The SMILES string of the molecule is CCc1cc2cccc(C)c2c(=O)n1-c1ccccc1.C[N-]c1[nH]cc(C#N)c1C(=N)N.[K+]. The summed E-state index contributed by atoms with van der Waals surface area (Å²) in [6.45, 7) is 4.07. The van der Waals surface area contributed by atoms with Gasteiger partial charge in [-0.1, -0.05) is 62.4 Å². The molecular weight excluding hydrogens is 439 g/mol. The van der Waals surface area contributed by atoms with Crippen LogP contribution < -0.4 is 62.7 Å². The van der Waals surface area contributed by atoms with E-state index in [1.54, 1.807) is 7.05 Å². The van der Waals surface area contributed by atoms with Crippen LogP contribution in [0.2, 0.25) is 0 Å². The number of benzene rings is 2. The first-order chi connectivity index (χ1) is 15.4. The summed E-state index contributed by atoms with van der Waals surface area (Å²) < 4.78 is 1.83. The molecule has 8 heteroatoms. The summed E-state index contributed by atoms with van der Waals surface area (Å²) in [5.74, 6) is 0.326. The Bertz CT molecular complexity index is 1370. The predicted molar refractivity (Wildman–Crippen MR) is 129 cm³/mol. The van der Waals surface area contributed by atoms with Crippen molar-refractivity contribution in [3.63, 3.8) is 0 Å². The summed E-state index contributed by atoms with van der Waals surface area (Å²) in [6, 6.07) is 19.9. The van der Waals surface area contributed by atoms with E-state index in [1.165, 1.54) is 6.20 Å². The van der Waals surface area contributed by atoms with Gasteiger partial charge >= 0.3 is 51.4 Å². The number of rotatable bonds is 4. The number of hydrogen-bond acceptors (Lipinski definition) is 3. The molecule has 2 heterocycles. The van der Waals surface area contributed by atoms with Gasteiger partial charge in [0.1, 0.15) is 5.84 Å². The molecular formula is C25H25KN6O. The zero-order valence-electron chi connectivity index (χ0n) is 19.3. The maximum absolute atomic E-state index is 12.9. The third-order valence-electron chi connectivity index (χ3n) is 5.18. The smallest absolute Gasteiger partial charge is 0.468 e. The minimum Gasteiger partial charge on any atom is -0.468 e. The number of aryl methyl sites for hydroxylation is 2. The minimum atomic E-state index is -0.145. The van der Waals surface area contributed by atoms with Crippen LogP contribution in [0.25, 0.3) is 21.8 Å². The van der Waals surface area contributed by atoms with Gasteiger partial charge < -0.3 is 16.0 Å². The van der Waals surface area contributed by atoms with E-state index in [0.717, 1.165) is 34.1 Å². The Balaban J connectivity index is 0.000000257. The average Bonchev–Trinajstić information content (AvgIpc) is 3.23. The zero-order valence-corrected chi connectivity index (χ0v) is 22.4. The number of fused-ring (bicyclic) bond motifs is 1. The Kier molecular flexibility index (Phi) is 9.65. The van der Waals surface area contributed by atoms with Gasteiger partial charge in [-0.05, 0) is 42.5 Å². The molecule has 0 saturated heterocycles. The number of amidine groups is 1. The summed E-state index contributed by atoms with van der Waals surface area (Å²) >= 11 is 0. The summed E-state index contributed by atoms with van der Waals surface area (Å²) in [5.41, 5.74) is 9.06.